The summed E-state index contributed by atoms with van der Waals surface area (Å²) in [7, 11) is 0. The maximum absolute atomic E-state index is 13.9. The first-order valence-electron chi connectivity index (χ1n) is 6.37. The Balaban J connectivity index is 2.04. The van der Waals surface area contributed by atoms with Crippen molar-refractivity contribution in [3.05, 3.63) is 69.2 Å². The third-order valence-corrected chi connectivity index (χ3v) is 3.69. The molecule has 0 unspecified atom stereocenters. The van der Waals surface area contributed by atoms with Crippen molar-refractivity contribution in [2.24, 2.45) is 5.10 Å². The Morgan fingerprint density at radius 2 is 2.05 bits per heavy atom. The summed E-state index contributed by atoms with van der Waals surface area (Å²) in [5.41, 5.74) is 1.22. The smallest absolute Gasteiger partial charge is 0.216 e. The van der Waals surface area contributed by atoms with Gasteiger partial charge < -0.3 is 0 Å². The molecule has 0 aliphatic carbocycles. The highest BCUT2D eigenvalue weighted by Gasteiger charge is 2.12. The fourth-order valence-electron chi connectivity index (χ4n) is 1.93. The molecule has 3 aromatic rings. The lowest BCUT2D eigenvalue weighted by Crippen LogP contribution is -1.96. The number of hydrogen-bond donors (Lipinski definition) is 1. The lowest BCUT2D eigenvalue weighted by molar-refractivity contribution is 0.628. The van der Waals surface area contributed by atoms with Crippen LogP contribution in [0.2, 0.25) is 0 Å². The van der Waals surface area contributed by atoms with Crippen molar-refractivity contribution in [3.8, 4) is 11.4 Å². The fourth-order valence-corrected chi connectivity index (χ4v) is 2.52. The van der Waals surface area contributed by atoms with Crippen molar-refractivity contribution >= 4 is 34.4 Å². The average molecular weight is 377 g/mol. The van der Waals surface area contributed by atoms with Crippen molar-refractivity contribution in [1.82, 2.24) is 14.9 Å². The summed E-state index contributed by atoms with van der Waals surface area (Å²) < 4.78 is 16.6. The number of aromatic amines is 1. The van der Waals surface area contributed by atoms with E-state index in [2.05, 4.69) is 31.2 Å². The predicted octanol–water partition coefficient (Wildman–Crippen LogP) is 4.39. The third kappa shape index (κ3) is 3.05. The fraction of sp³-hybridized carbons (Fsp3) is 0. The number of hydrogen-bond acceptors (Lipinski definition) is 3. The summed E-state index contributed by atoms with van der Waals surface area (Å²) in [5, 5.41) is 11.0. The van der Waals surface area contributed by atoms with Crippen LogP contribution < -0.4 is 0 Å². The van der Waals surface area contributed by atoms with Gasteiger partial charge in [0.15, 0.2) is 5.82 Å². The second-order valence-corrected chi connectivity index (χ2v) is 5.75. The Labute approximate surface area is 139 Å². The number of rotatable bonds is 3. The molecule has 0 saturated carbocycles. The Hall–Kier alpha value is -2.12. The van der Waals surface area contributed by atoms with Gasteiger partial charge in [0.1, 0.15) is 5.82 Å². The highest BCUT2D eigenvalue weighted by atomic mass is 79.9. The lowest BCUT2D eigenvalue weighted by Gasteiger charge is -2.02. The molecular formula is C15H10BrFN4S. The van der Waals surface area contributed by atoms with Crippen molar-refractivity contribution in [1.29, 1.82) is 0 Å². The number of benzene rings is 2. The molecule has 4 nitrogen and oxygen atoms in total. The van der Waals surface area contributed by atoms with Crippen LogP contribution in [-0.2, 0) is 0 Å². The van der Waals surface area contributed by atoms with Gasteiger partial charge in [-0.15, -0.1) is 0 Å². The van der Waals surface area contributed by atoms with E-state index < -0.39 is 0 Å². The first kappa shape index (κ1) is 14.8. The molecule has 110 valence electrons. The molecule has 0 amide bonds. The molecule has 1 N–H and O–H groups in total. The van der Waals surface area contributed by atoms with Gasteiger partial charge in [-0.25, -0.2) is 9.49 Å². The molecule has 0 aliphatic rings. The zero-order valence-electron chi connectivity index (χ0n) is 11.2. The van der Waals surface area contributed by atoms with Crippen LogP contribution in [0, 0.1) is 10.6 Å². The van der Waals surface area contributed by atoms with Gasteiger partial charge in [0.25, 0.3) is 0 Å². The molecule has 7 heteroatoms. The molecule has 0 saturated heterocycles. The number of aromatic nitrogens is 3. The molecule has 0 spiro atoms. The molecule has 0 atom stereocenters. The number of H-pyrrole nitrogens is 1. The number of nitrogens with zero attached hydrogens (tertiary/aromatic N) is 3. The van der Waals surface area contributed by atoms with Crippen LogP contribution in [0.15, 0.2) is 58.1 Å². The van der Waals surface area contributed by atoms with Crippen molar-refractivity contribution in [2.75, 3.05) is 0 Å². The number of halogens is 2. The average Bonchev–Trinajstić information content (AvgIpc) is 2.87. The molecule has 1 aromatic heterocycles. The van der Waals surface area contributed by atoms with E-state index in [1.807, 2.05) is 24.3 Å². The summed E-state index contributed by atoms with van der Waals surface area (Å²) >= 11 is 8.56. The maximum Gasteiger partial charge on any atom is 0.216 e. The summed E-state index contributed by atoms with van der Waals surface area (Å²) in [4.78, 5) is 0. The first-order chi connectivity index (χ1) is 10.6. The van der Waals surface area contributed by atoms with Crippen molar-refractivity contribution in [3.63, 3.8) is 0 Å². The number of nitrogens with one attached hydrogen (secondary N) is 1. The van der Waals surface area contributed by atoms with E-state index in [0.29, 0.717) is 16.2 Å². The zero-order valence-corrected chi connectivity index (χ0v) is 13.6. The molecule has 0 radical (unpaired) electrons. The van der Waals surface area contributed by atoms with E-state index in [-0.39, 0.29) is 5.82 Å². The molecule has 3 rings (SSSR count). The maximum atomic E-state index is 13.9. The molecular weight excluding hydrogens is 367 g/mol. The van der Waals surface area contributed by atoms with Gasteiger partial charge >= 0.3 is 0 Å². The molecule has 22 heavy (non-hydrogen) atoms. The lowest BCUT2D eigenvalue weighted by atomic mass is 10.2. The Morgan fingerprint density at radius 3 is 2.82 bits per heavy atom. The largest absolute Gasteiger partial charge is 0.250 e. The Kier molecular flexibility index (Phi) is 4.26. The van der Waals surface area contributed by atoms with Gasteiger partial charge in [-0.3, -0.25) is 0 Å². The van der Waals surface area contributed by atoms with E-state index in [0.717, 1.165) is 10.0 Å². The van der Waals surface area contributed by atoms with E-state index >= 15 is 0 Å². The Bertz CT molecular complexity index is 900. The van der Waals surface area contributed by atoms with Gasteiger partial charge in [-0.1, -0.05) is 40.2 Å². The molecule has 2 aromatic carbocycles. The van der Waals surface area contributed by atoms with Crippen LogP contribution >= 0.6 is 28.1 Å². The molecule has 1 heterocycles. The molecule has 0 aliphatic heterocycles. The monoisotopic (exact) mass is 376 g/mol. The molecule has 0 fully saturated rings. The van der Waals surface area contributed by atoms with Crippen LogP contribution in [0.3, 0.4) is 0 Å². The van der Waals surface area contributed by atoms with Crippen molar-refractivity contribution in [2.45, 2.75) is 0 Å². The van der Waals surface area contributed by atoms with Crippen LogP contribution in [0.25, 0.3) is 11.4 Å². The van der Waals surface area contributed by atoms with Gasteiger partial charge in [-0.2, -0.15) is 14.9 Å². The first-order valence-corrected chi connectivity index (χ1v) is 7.57. The minimum absolute atomic E-state index is 0.296. The quantitative estimate of drug-likeness (QED) is 0.544. The van der Waals surface area contributed by atoms with Crippen LogP contribution in [0.4, 0.5) is 4.39 Å². The predicted molar refractivity (Wildman–Crippen MR) is 89.9 cm³/mol. The summed E-state index contributed by atoms with van der Waals surface area (Å²) in [6.45, 7) is 0. The minimum atomic E-state index is -0.379. The Morgan fingerprint density at radius 1 is 1.23 bits per heavy atom. The molecule has 0 bridgehead atoms. The van der Waals surface area contributed by atoms with Crippen LogP contribution in [0.1, 0.15) is 5.56 Å². The second kappa shape index (κ2) is 6.33. The van der Waals surface area contributed by atoms with Crippen molar-refractivity contribution < 1.29 is 4.39 Å². The topological polar surface area (TPSA) is 46.0 Å². The van der Waals surface area contributed by atoms with Gasteiger partial charge in [0.05, 0.1) is 11.8 Å². The van der Waals surface area contributed by atoms with Crippen LogP contribution in [-0.4, -0.2) is 21.1 Å². The van der Waals surface area contributed by atoms with Gasteiger partial charge in [0.2, 0.25) is 4.77 Å². The SMILES string of the molecule is Fc1ccccc1-c1n[nH]c(=S)n1N=Cc1cccc(Br)c1. The van der Waals surface area contributed by atoms with Crippen LogP contribution in [0.5, 0.6) is 0 Å². The normalized spacial score (nSPS) is 11.2. The van der Waals surface area contributed by atoms with E-state index in [4.69, 9.17) is 12.2 Å². The summed E-state index contributed by atoms with van der Waals surface area (Å²) in [6, 6.07) is 14.0. The minimum Gasteiger partial charge on any atom is -0.250 e. The summed E-state index contributed by atoms with van der Waals surface area (Å²) in [5.74, 6) is -0.0512. The van der Waals surface area contributed by atoms with E-state index in [1.54, 1.807) is 24.4 Å². The highest BCUT2D eigenvalue weighted by molar-refractivity contribution is 9.10. The highest BCUT2D eigenvalue weighted by Crippen LogP contribution is 2.20. The van der Waals surface area contributed by atoms with Gasteiger partial charge in [0, 0.05) is 4.47 Å². The second-order valence-electron chi connectivity index (χ2n) is 4.44. The van der Waals surface area contributed by atoms with Gasteiger partial charge in [-0.05, 0) is 42.0 Å². The van der Waals surface area contributed by atoms with E-state index in [1.165, 1.54) is 10.7 Å². The standard InChI is InChI=1S/C15H10BrFN4S/c16-11-5-3-4-10(8-11)9-18-21-14(19-20-15(21)22)12-6-1-2-7-13(12)17/h1-9H,(H,20,22). The summed E-state index contributed by atoms with van der Waals surface area (Å²) in [6.07, 6.45) is 1.64. The van der Waals surface area contributed by atoms with E-state index in [9.17, 15) is 4.39 Å². The third-order valence-electron chi connectivity index (χ3n) is 2.94. The zero-order chi connectivity index (χ0) is 15.5.